The first-order valence-electron chi connectivity index (χ1n) is 10.7. The Hall–Kier alpha value is -2.74. The molecule has 1 unspecified atom stereocenters. The predicted octanol–water partition coefficient (Wildman–Crippen LogP) is 4.05. The van der Waals surface area contributed by atoms with Crippen molar-refractivity contribution >= 4 is 17.7 Å². The normalized spacial score (nSPS) is 16.6. The van der Waals surface area contributed by atoms with Crippen LogP contribution in [-0.4, -0.2) is 49.3 Å². The van der Waals surface area contributed by atoms with Crippen LogP contribution in [0.1, 0.15) is 38.1 Å². The molecule has 1 aliphatic rings. The molecule has 1 aliphatic heterocycles. The number of rotatable bonds is 7. The molecule has 7 nitrogen and oxygen atoms in total. The van der Waals surface area contributed by atoms with Crippen LogP contribution in [0.15, 0.2) is 52.3 Å². The molecule has 0 bridgehead atoms. The predicted molar refractivity (Wildman–Crippen MR) is 119 cm³/mol. The number of hydrogen-bond donors (Lipinski definition) is 0. The van der Waals surface area contributed by atoms with Crippen LogP contribution in [0, 0.1) is 5.92 Å². The molecule has 1 aromatic carbocycles. The van der Waals surface area contributed by atoms with Gasteiger partial charge in [-0.2, -0.15) is 4.98 Å². The maximum Gasteiger partial charge on any atom is 0.227 e. The summed E-state index contributed by atoms with van der Waals surface area (Å²) in [5.41, 5.74) is 1.65. The van der Waals surface area contributed by atoms with Gasteiger partial charge in [0, 0.05) is 42.0 Å². The zero-order chi connectivity index (χ0) is 21.6. The van der Waals surface area contributed by atoms with Gasteiger partial charge in [-0.3, -0.25) is 9.78 Å². The zero-order valence-electron chi connectivity index (χ0n) is 17.9. The Balaban J connectivity index is 1.32. The van der Waals surface area contributed by atoms with Crippen molar-refractivity contribution in [1.82, 2.24) is 25.0 Å². The van der Waals surface area contributed by atoms with Gasteiger partial charge < -0.3 is 9.42 Å². The Kier molecular flexibility index (Phi) is 6.96. The Morgan fingerprint density at radius 1 is 1.26 bits per heavy atom. The summed E-state index contributed by atoms with van der Waals surface area (Å²) in [5.74, 6) is 1.53. The number of carbonyl (C=O) groups is 1. The van der Waals surface area contributed by atoms with E-state index in [0.29, 0.717) is 41.4 Å². The van der Waals surface area contributed by atoms with Gasteiger partial charge in [-0.05, 0) is 36.5 Å². The molecule has 0 aliphatic carbocycles. The summed E-state index contributed by atoms with van der Waals surface area (Å²) in [6.07, 6.45) is 7.97. The topological polar surface area (TPSA) is 85.0 Å². The van der Waals surface area contributed by atoms with Crippen molar-refractivity contribution in [1.29, 1.82) is 0 Å². The lowest BCUT2D eigenvalue weighted by molar-refractivity contribution is -0.132. The van der Waals surface area contributed by atoms with Crippen molar-refractivity contribution in [3.05, 3.63) is 54.3 Å². The standard InChI is InChI=1S/C23H27N5O2S/c1-16(2)31-19-7-5-17(6-8-19)13-22(29)28-11-3-4-18(15-28)12-21-26-23(27-30-21)20-14-24-9-10-25-20/h5-10,14,16,18H,3-4,11-13,15H2,1-2H3. The fraction of sp³-hybridized carbons (Fsp3) is 0.435. The highest BCUT2D eigenvalue weighted by Gasteiger charge is 2.25. The smallest absolute Gasteiger partial charge is 0.227 e. The van der Waals surface area contributed by atoms with Crippen LogP contribution in [0.2, 0.25) is 0 Å². The molecule has 0 radical (unpaired) electrons. The molecule has 1 fully saturated rings. The van der Waals surface area contributed by atoms with E-state index in [2.05, 4.69) is 58.2 Å². The number of aromatic nitrogens is 4. The van der Waals surface area contributed by atoms with Gasteiger partial charge >= 0.3 is 0 Å². The highest BCUT2D eigenvalue weighted by atomic mass is 32.2. The Morgan fingerprint density at radius 3 is 2.84 bits per heavy atom. The fourth-order valence-electron chi connectivity index (χ4n) is 3.81. The van der Waals surface area contributed by atoms with Crippen LogP contribution < -0.4 is 0 Å². The van der Waals surface area contributed by atoms with Gasteiger partial charge in [0.15, 0.2) is 0 Å². The van der Waals surface area contributed by atoms with Gasteiger partial charge in [0.2, 0.25) is 17.6 Å². The van der Waals surface area contributed by atoms with Gasteiger partial charge in [-0.15, -0.1) is 11.8 Å². The number of amides is 1. The van der Waals surface area contributed by atoms with Crippen LogP contribution >= 0.6 is 11.8 Å². The van der Waals surface area contributed by atoms with Gasteiger partial charge in [-0.1, -0.05) is 31.1 Å². The molecular weight excluding hydrogens is 410 g/mol. The van der Waals surface area contributed by atoms with Crippen molar-refractivity contribution < 1.29 is 9.32 Å². The molecule has 0 saturated carbocycles. The van der Waals surface area contributed by atoms with Crippen LogP contribution in [0.25, 0.3) is 11.5 Å². The van der Waals surface area contributed by atoms with E-state index < -0.39 is 0 Å². The van der Waals surface area contributed by atoms with E-state index in [0.717, 1.165) is 31.5 Å². The quantitative estimate of drug-likeness (QED) is 0.516. The van der Waals surface area contributed by atoms with Gasteiger partial charge in [0.05, 0.1) is 12.6 Å². The summed E-state index contributed by atoms with van der Waals surface area (Å²) < 4.78 is 5.42. The van der Waals surface area contributed by atoms with Crippen molar-refractivity contribution in [2.75, 3.05) is 13.1 Å². The summed E-state index contributed by atoms with van der Waals surface area (Å²) in [6, 6.07) is 8.35. The highest BCUT2D eigenvalue weighted by Crippen LogP contribution is 2.24. The number of carbonyl (C=O) groups excluding carboxylic acids is 1. The summed E-state index contributed by atoms with van der Waals surface area (Å²) in [5, 5.41) is 4.57. The van der Waals surface area contributed by atoms with Crippen LogP contribution in [-0.2, 0) is 17.6 Å². The molecule has 8 heteroatoms. The SMILES string of the molecule is CC(C)Sc1ccc(CC(=O)N2CCCC(Cc3nc(-c4cnccn4)no3)C2)cc1. The van der Waals surface area contributed by atoms with E-state index in [1.165, 1.54) is 4.90 Å². The molecule has 0 N–H and O–H groups in total. The first-order valence-corrected chi connectivity index (χ1v) is 11.6. The summed E-state index contributed by atoms with van der Waals surface area (Å²) in [4.78, 5) is 28.8. The molecule has 162 valence electrons. The molecule has 1 saturated heterocycles. The molecule has 3 heterocycles. The second-order valence-electron chi connectivity index (χ2n) is 8.14. The van der Waals surface area contributed by atoms with Crippen LogP contribution in [0.4, 0.5) is 0 Å². The third-order valence-electron chi connectivity index (χ3n) is 5.25. The number of hydrogen-bond acceptors (Lipinski definition) is 7. The van der Waals surface area contributed by atoms with E-state index in [-0.39, 0.29) is 5.91 Å². The first-order chi connectivity index (χ1) is 15.1. The maximum absolute atomic E-state index is 12.9. The third-order valence-corrected chi connectivity index (χ3v) is 6.26. The molecule has 31 heavy (non-hydrogen) atoms. The summed E-state index contributed by atoms with van der Waals surface area (Å²) in [7, 11) is 0. The minimum Gasteiger partial charge on any atom is -0.342 e. The molecule has 1 amide bonds. The van der Waals surface area contributed by atoms with Crippen molar-refractivity contribution in [2.24, 2.45) is 5.92 Å². The lowest BCUT2D eigenvalue weighted by Gasteiger charge is -2.32. The minimum absolute atomic E-state index is 0.180. The van der Waals surface area contributed by atoms with Crippen molar-refractivity contribution in [3.63, 3.8) is 0 Å². The molecule has 3 aromatic rings. The maximum atomic E-state index is 12.9. The largest absolute Gasteiger partial charge is 0.342 e. The lowest BCUT2D eigenvalue weighted by Crippen LogP contribution is -2.41. The van der Waals surface area contributed by atoms with Crippen LogP contribution in [0.3, 0.4) is 0 Å². The van der Waals surface area contributed by atoms with E-state index in [9.17, 15) is 4.79 Å². The number of piperidine rings is 1. The molecule has 1 atom stereocenters. The zero-order valence-corrected chi connectivity index (χ0v) is 18.7. The molecule has 4 rings (SSSR count). The number of thioether (sulfide) groups is 1. The highest BCUT2D eigenvalue weighted by molar-refractivity contribution is 7.99. The number of likely N-dealkylation sites (tertiary alicyclic amines) is 1. The molecule has 0 spiro atoms. The first kappa shape index (κ1) is 21.5. The van der Waals surface area contributed by atoms with Crippen molar-refractivity contribution in [2.45, 2.75) is 49.7 Å². The Morgan fingerprint density at radius 2 is 2.10 bits per heavy atom. The summed E-state index contributed by atoms with van der Waals surface area (Å²) >= 11 is 1.83. The molecular formula is C23H27N5O2S. The number of nitrogens with zero attached hydrogens (tertiary/aromatic N) is 5. The fourth-order valence-corrected chi connectivity index (χ4v) is 4.64. The minimum atomic E-state index is 0.180. The van der Waals surface area contributed by atoms with E-state index in [4.69, 9.17) is 4.52 Å². The van der Waals surface area contributed by atoms with Crippen LogP contribution in [0.5, 0.6) is 0 Å². The van der Waals surface area contributed by atoms with Gasteiger partial charge in [0.1, 0.15) is 5.69 Å². The average Bonchev–Trinajstić information content (AvgIpc) is 3.24. The third kappa shape index (κ3) is 5.91. The van der Waals surface area contributed by atoms with E-state index in [1.807, 2.05) is 16.7 Å². The van der Waals surface area contributed by atoms with Gasteiger partial charge in [-0.25, -0.2) is 4.98 Å². The van der Waals surface area contributed by atoms with Crippen molar-refractivity contribution in [3.8, 4) is 11.5 Å². The van der Waals surface area contributed by atoms with E-state index in [1.54, 1.807) is 18.6 Å². The van der Waals surface area contributed by atoms with E-state index >= 15 is 0 Å². The lowest BCUT2D eigenvalue weighted by atomic mass is 9.94. The Bertz CT molecular complexity index is 991. The van der Waals surface area contributed by atoms with Gasteiger partial charge in [0.25, 0.3) is 0 Å². The molecule has 2 aromatic heterocycles. The second-order valence-corrected chi connectivity index (χ2v) is 9.79. The monoisotopic (exact) mass is 437 g/mol. The summed E-state index contributed by atoms with van der Waals surface area (Å²) in [6.45, 7) is 5.90. The second kappa shape index (κ2) is 10.0. The Labute approximate surface area is 186 Å². The average molecular weight is 438 g/mol. The number of benzene rings is 1.